The molecule has 3 N–H and O–H groups in total. The first-order valence-corrected chi connectivity index (χ1v) is 4.46. The zero-order valence-electron chi connectivity index (χ0n) is 7.03. The first kappa shape index (κ1) is 9.98. The van der Waals surface area contributed by atoms with Crippen molar-refractivity contribution in [2.45, 2.75) is 11.9 Å². The lowest BCUT2D eigenvalue weighted by Gasteiger charge is -2.00. The fourth-order valence-electron chi connectivity index (χ4n) is 0.824. The predicted octanol–water partition coefficient (Wildman–Crippen LogP) is 0.344. The molecule has 0 bridgehead atoms. The molecule has 0 fully saturated rings. The highest BCUT2D eigenvalue weighted by Gasteiger charge is 2.18. The van der Waals surface area contributed by atoms with Crippen molar-refractivity contribution in [3.8, 4) is 0 Å². The van der Waals surface area contributed by atoms with Crippen LogP contribution in [0, 0.1) is 0 Å². The Morgan fingerprint density at radius 3 is 3.08 bits per heavy atom. The molecule has 2 radical (unpaired) electrons. The summed E-state index contributed by atoms with van der Waals surface area (Å²) < 4.78 is 4.76. The van der Waals surface area contributed by atoms with Crippen molar-refractivity contribution >= 4 is 30.5 Å². The Bertz CT molecular complexity index is 315. The fraction of sp³-hybridized carbons (Fsp3) is 0.333. The maximum absolute atomic E-state index is 11.3. The van der Waals surface area contributed by atoms with Gasteiger partial charge in [-0.15, -0.1) is 0 Å². The number of nitrogens with one attached hydrogen (secondary N) is 1. The Balaban J connectivity index is 2.96. The van der Waals surface area contributed by atoms with Crippen molar-refractivity contribution < 1.29 is 9.53 Å². The number of esters is 1. The summed E-state index contributed by atoms with van der Waals surface area (Å²) in [6.07, 6.45) is 0. The number of nitrogen functional groups attached to an aromatic ring is 1. The highest BCUT2D eigenvalue weighted by Crippen LogP contribution is 2.22. The molecule has 0 spiro atoms. The molecule has 0 unspecified atom stereocenters. The Morgan fingerprint density at radius 1 is 1.85 bits per heavy atom. The van der Waals surface area contributed by atoms with Gasteiger partial charge in [-0.2, -0.15) is 16.7 Å². The second-order valence-electron chi connectivity index (χ2n) is 2.16. The van der Waals surface area contributed by atoms with Crippen LogP contribution in [0.1, 0.15) is 17.3 Å². The fourth-order valence-corrected chi connectivity index (χ4v) is 1.23. The van der Waals surface area contributed by atoms with Crippen LogP contribution in [-0.2, 0) is 4.74 Å². The number of aromatic nitrogens is 2. The molecular formula is C6H8BN3O2S. The molecule has 5 nitrogen and oxygen atoms in total. The Kier molecular flexibility index (Phi) is 3.24. The minimum absolute atomic E-state index is 0.173. The van der Waals surface area contributed by atoms with E-state index in [1.807, 2.05) is 0 Å². The SMILES string of the molecule is [B]Sc1n[nH]c(N)c1C(=O)OCC. The average Bonchev–Trinajstić information content (AvgIpc) is 2.47. The molecule has 1 aromatic rings. The van der Waals surface area contributed by atoms with E-state index in [1.165, 1.54) is 0 Å². The van der Waals surface area contributed by atoms with Crippen LogP contribution >= 0.6 is 11.6 Å². The van der Waals surface area contributed by atoms with E-state index in [9.17, 15) is 4.79 Å². The largest absolute Gasteiger partial charge is 0.462 e. The van der Waals surface area contributed by atoms with Gasteiger partial charge >= 0.3 is 5.97 Å². The van der Waals surface area contributed by atoms with E-state index < -0.39 is 5.97 Å². The van der Waals surface area contributed by atoms with Crippen molar-refractivity contribution in [1.29, 1.82) is 0 Å². The molecule has 13 heavy (non-hydrogen) atoms. The van der Waals surface area contributed by atoms with Gasteiger partial charge in [0.1, 0.15) is 16.4 Å². The van der Waals surface area contributed by atoms with Crippen LogP contribution in [0.4, 0.5) is 5.82 Å². The van der Waals surface area contributed by atoms with Gasteiger partial charge in [0, 0.05) is 0 Å². The summed E-state index contributed by atoms with van der Waals surface area (Å²) in [5.41, 5.74) is 5.66. The number of hydrogen-bond acceptors (Lipinski definition) is 5. The summed E-state index contributed by atoms with van der Waals surface area (Å²) in [6, 6.07) is 0. The lowest BCUT2D eigenvalue weighted by atomic mass is 10.3. The topological polar surface area (TPSA) is 81.0 Å². The maximum Gasteiger partial charge on any atom is 0.344 e. The number of nitrogens with two attached hydrogens (primary N) is 1. The first-order chi connectivity index (χ1) is 6.20. The van der Waals surface area contributed by atoms with E-state index >= 15 is 0 Å². The smallest absolute Gasteiger partial charge is 0.344 e. The van der Waals surface area contributed by atoms with Gasteiger partial charge in [-0.3, -0.25) is 5.10 Å². The quantitative estimate of drug-likeness (QED) is 0.539. The molecule has 0 saturated carbocycles. The van der Waals surface area contributed by atoms with Crippen molar-refractivity contribution in [1.82, 2.24) is 10.2 Å². The molecule has 0 saturated heterocycles. The number of aromatic amines is 1. The summed E-state index contributed by atoms with van der Waals surface area (Å²) in [4.78, 5) is 11.3. The van der Waals surface area contributed by atoms with Crippen molar-refractivity contribution in [3.63, 3.8) is 0 Å². The van der Waals surface area contributed by atoms with E-state index in [4.69, 9.17) is 17.6 Å². The lowest BCUT2D eigenvalue weighted by molar-refractivity contribution is 0.0523. The van der Waals surface area contributed by atoms with Crippen LogP contribution in [0.25, 0.3) is 0 Å². The summed E-state index contributed by atoms with van der Waals surface area (Å²) in [7, 11) is 5.27. The maximum atomic E-state index is 11.3. The van der Waals surface area contributed by atoms with Gasteiger partial charge in [-0.1, -0.05) is 0 Å². The Hall–Kier alpha value is -1.11. The van der Waals surface area contributed by atoms with Crippen molar-refractivity contribution in [3.05, 3.63) is 5.56 Å². The highest BCUT2D eigenvalue weighted by atomic mass is 32.2. The third-order valence-corrected chi connectivity index (χ3v) is 1.87. The van der Waals surface area contributed by atoms with Gasteiger partial charge in [-0.05, 0) is 6.92 Å². The van der Waals surface area contributed by atoms with E-state index in [1.54, 1.807) is 6.92 Å². The van der Waals surface area contributed by atoms with Crippen LogP contribution in [0.5, 0.6) is 0 Å². The van der Waals surface area contributed by atoms with Crippen LogP contribution in [0.2, 0.25) is 0 Å². The van der Waals surface area contributed by atoms with E-state index in [2.05, 4.69) is 10.2 Å². The number of ether oxygens (including phenoxy) is 1. The molecule has 0 amide bonds. The molecule has 0 aliphatic heterocycles. The Labute approximate surface area is 80.7 Å². The lowest BCUT2D eigenvalue weighted by Crippen LogP contribution is -2.07. The molecule has 68 valence electrons. The monoisotopic (exact) mass is 197 g/mol. The second-order valence-corrected chi connectivity index (χ2v) is 2.78. The van der Waals surface area contributed by atoms with Crippen molar-refractivity contribution in [2.75, 3.05) is 12.3 Å². The van der Waals surface area contributed by atoms with Gasteiger partial charge in [0.2, 0.25) is 0 Å². The van der Waals surface area contributed by atoms with Crippen molar-refractivity contribution in [2.24, 2.45) is 0 Å². The molecule has 0 atom stereocenters. The summed E-state index contributed by atoms with van der Waals surface area (Å²) in [6.45, 7) is 2.00. The number of carbonyl (C=O) groups is 1. The normalized spacial score (nSPS) is 9.92. The van der Waals surface area contributed by atoms with E-state index in [-0.39, 0.29) is 18.0 Å². The number of carbonyl (C=O) groups excluding carboxylic acids is 1. The standard InChI is InChI=1S/C6H8BN3O2S/c1-2-12-6(11)3-4(8)9-10-5(3)13-7/h2H2,1H3,(H3,8,9,10). The van der Waals surface area contributed by atoms with Crippen LogP contribution in [0.3, 0.4) is 0 Å². The predicted molar refractivity (Wildman–Crippen MR) is 50.6 cm³/mol. The second kappa shape index (κ2) is 4.22. The molecular weight excluding hydrogens is 189 g/mol. The molecule has 0 aliphatic rings. The number of hydrogen-bond donors (Lipinski definition) is 2. The Morgan fingerprint density at radius 2 is 2.54 bits per heavy atom. The number of anilines is 1. The highest BCUT2D eigenvalue weighted by molar-refractivity contribution is 8.19. The number of nitrogens with zero attached hydrogens (tertiary/aromatic N) is 1. The summed E-state index contributed by atoms with van der Waals surface area (Å²) in [5, 5.41) is 6.52. The molecule has 1 aromatic heterocycles. The van der Waals surface area contributed by atoms with Crippen LogP contribution in [-0.4, -0.2) is 29.9 Å². The van der Waals surface area contributed by atoms with Gasteiger partial charge in [-0.25, -0.2) is 4.79 Å². The first-order valence-electron chi connectivity index (χ1n) is 3.58. The molecule has 1 rings (SSSR count). The third-order valence-electron chi connectivity index (χ3n) is 1.35. The molecule has 1 heterocycles. The molecule has 7 heteroatoms. The minimum Gasteiger partial charge on any atom is -0.462 e. The molecule has 0 aromatic carbocycles. The molecule has 0 aliphatic carbocycles. The van der Waals surface area contributed by atoms with Crippen LogP contribution < -0.4 is 5.73 Å². The summed E-state index contributed by atoms with van der Waals surface area (Å²) >= 11 is 0.847. The number of H-pyrrole nitrogens is 1. The zero-order chi connectivity index (χ0) is 9.84. The number of rotatable bonds is 3. The van der Waals surface area contributed by atoms with Gasteiger partial charge in [0.15, 0.2) is 7.12 Å². The van der Waals surface area contributed by atoms with Gasteiger partial charge in [0.05, 0.1) is 6.61 Å². The summed E-state index contributed by atoms with van der Waals surface area (Å²) in [5.74, 6) is -0.340. The van der Waals surface area contributed by atoms with E-state index in [0.717, 1.165) is 11.6 Å². The minimum atomic E-state index is -0.512. The van der Waals surface area contributed by atoms with E-state index in [0.29, 0.717) is 5.03 Å². The third kappa shape index (κ3) is 1.97. The van der Waals surface area contributed by atoms with Crippen LogP contribution in [0.15, 0.2) is 5.03 Å². The average molecular weight is 197 g/mol. The van der Waals surface area contributed by atoms with Gasteiger partial charge in [0.25, 0.3) is 0 Å². The van der Waals surface area contributed by atoms with Gasteiger partial charge < -0.3 is 10.5 Å². The zero-order valence-corrected chi connectivity index (χ0v) is 7.85.